The van der Waals surface area contributed by atoms with E-state index in [9.17, 15) is 14.2 Å². The summed E-state index contributed by atoms with van der Waals surface area (Å²) in [6, 6.07) is -0.674. The molecule has 0 aromatic rings. The molecule has 1 saturated heterocycles. The van der Waals surface area contributed by atoms with E-state index in [2.05, 4.69) is 4.31 Å². The summed E-state index contributed by atoms with van der Waals surface area (Å²) in [4.78, 5) is 17.0. The van der Waals surface area contributed by atoms with Gasteiger partial charge in [-0.15, -0.1) is 0 Å². The number of phosphoric acid groups is 1. The average molecular weight is 300 g/mol. The van der Waals surface area contributed by atoms with Crippen molar-refractivity contribution >= 4 is 23.3 Å². The van der Waals surface area contributed by atoms with Crippen LogP contribution in [0.25, 0.3) is 0 Å². The van der Waals surface area contributed by atoms with Crippen LogP contribution in [0.4, 0.5) is 0 Å². The Labute approximate surface area is 106 Å². The molecule has 8 nitrogen and oxygen atoms in total. The van der Waals surface area contributed by atoms with E-state index in [0.717, 1.165) is 6.66 Å². The standard InChI is InChI=1S/C7H15BO8P2/c1-4-6(9)5(15-7(4)8)3-14-17(2,10)16-18(11,12)13/h4-7,9H,3H2,1-2H3,(H2,11,12,13)/t4-,5-,6+,7-,17?/m1/s1. The van der Waals surface area contributed by atoms with Crippen LogP contribution < -0.4 is 0 Å². The highest BCUT2D eigenvalue weighted by Crippen LogP contribution is 2.58. The van der Waals surface area contributed by atoms with Gasteiger partial charge in [-0.05, 0) is 0 Å². The normalized spacial score (nSPS) is 36.5. The van der Waals surface area contributed by atoms with Crippen LogP contribution in [0.2, 0.25) is 0 Å². The Kier molecular flexibility index (Phi) is 5.20. The fraction of sp³-hybridized carbons (Fsp3) is 1.00. The van der Waals surface area contributed by atoms with Crippen molar-refractivity contribution in [1.82, 2.24) is 0 Å². The fourth-order valence-corrected chi connectivity index (χ4v) is 3.65. The van der Waals surface area contributed by atoms with Crippen molar-refractivity contribution in [2.75, 3.05) is 13.3 Å². The van der Waals surface area contributed by atoms with Gasteiger partial charge in [0.15, 0.2) is 0 Å². The van der Waals surface area contributed by atoms with Crippen molar-refractivity contribution in [3.8, 4) is 0 Å². The predicted molar refractivity (Wildman–Crippen MR) is 62.2 cm³/mol. The third kappa shape index (κ3) is 4.76. The van der Waals surface area contributed by atoms with E-state index in [1.807, 2.05) is 0 Å². The van der Waals surface area contributed by atoms with Gasteiger partial charge in [0.2, 0.25) is 0 Å². The van der Waals surface area contributed by atoms with Gasteiger partial charge in [0.25, 0.3) is 0 Å². The third-order valence-corrected chi connectivity index (χ3v) is 5.15. The minimum absolute atomic E-state index is 0.322. The van der Waals surface area contributed by atoms with Crippen molar-refractivity contribution in [3.63, 3.8) is 0 Å². The Bertz CT molecular complexity index is 384. The first-order chi connectivity index (χ1) is 8.02. The van der Waals surface area contributed by atoms with Gasteiger partial charge in [-0.3, -0.25) is 4.57 Å². The third-order valence-electron chi connectivity index (χ3n) is 2.50. The molecule has 0 aromatic carbocycles. The molecule has 2 radical (unpaired) electrons. The molecule has 1 aliphatic heterocycles. The summed E-state index contributed by atoms with van der Waals surface area (Å²) in [6.45, 7) is 2.25. The second-order valence-corrected chi connectivity index (χ2v) is 7.56. The van der Waals surface area contributed by atoms with E-state index < -0.39 is 33.6 Å². The van der Waals surface area contributed by atoms with Crippen molar-refractivity contribution in [2.24, 2.45) is 5.92 Å². The van der Waals surface area contributed by atoms with Gasteiger partial charge >= 0.3 is 15.4 Å². The molecule has 5 atom stereocenters. The number of aliphatic hydroxyl groups is 1. The maximum Gasteiger partial charge on any atom is 0.476 e. The second-order valence-electron chi connectivity index (χ2n) is 4.13. The van der Waals surface area contributed by atoms with E-state index in [0.29, 0.717) is 0 Å². The molecule has 1 aliphatic rings. The second kappa shape index (κ2) is 5.73. The zero-order valence-electron chi connectivity index (χ0n) is 9.87. The first-order valence-corrected chi connectivity index (χ1v) is 8.62. The highest BCUT2D eigenvalue weighted by Gasteiger charge is 2.39. The van der Waals surface area contributed by atoms with Gasteiger partial charge in [0, 0.05) is 18.6 Å². The van der Waals surface area contributed by atoms with Crippen LogP contribution >= 0.6 is 15.4 Å². The number of hydrogen-bond donors (Lipinski definition) is 3. The van der Waals surface area contributed by atoms with Crippen molar-refractivity contribution in [2.45, 2.75) is 25.1 Å². The van der Waals surface area contributed by atoms with Gasteiger partial charge in [-0.25, -0.2) is 8.88 Å². The summed E-state index contributed by atoms with van der Waals surface area (Å²) in [6.07, 6.45) is -1.72. The molecule has 1 heterocycles. The summed E-state index contributed by atoms with van der Waals surface area (Å²) >= 11 is 0. The monoisotopic (exact) mass is 300 g/mol. The molecule has 11 heteroatoms. The fourth-order valence-electron chi connectivity index (χ4n) is 1.50. The van der Waals surface area contributed by atoms with Gasteiger partial charge in [0.05, 0.1) is 12.7 Å². The number of aliphatic hydroxyl groups excluding tert-OH is 1. The highest BCUT2D eigenvalue weighted by atomic mass is 31.3. The lowest BCUT2D eigenvalue weighted by atomic mass is 9.86. The Morgan fingerprint density at radius 1 is 1.39 bits per heavy atom. The molecule has 0 spiro atoms. The minimum Gasteiger partial charge on any atom is -0.390 e. The molecule has 104 valence electrons. The van der Waals surface area contributed by atoms with Gasteiger partial charge in [0.1, 0.15) is 14.0 Å². The summed E-state index contributed by atoms with van der Waals surface area (Å²) in [7, 11) is -3.29. The Hall–Kier alpha value is 0.285. The highest BCUT2D eigenvalue weighted by molar-refractivity contribution is 7.63. The molecular formula is C7H15BO8P2. The van der Waals surface area contributed by atoms with Crippen LogP contribution in [0, 0.1) is 5.92 Å². The first-order valence-electron chi connectivity index (χ1n) is 5.10. The predicted octanol–water partition coefficient (Wildman–Crippen LogP) is -0.174. The van der Waals surface area contributed by atoms with E-state index in [-0.39, 0.29) is 12.5 Å². The minimum atomic E-state index is -4.90. The van der Waals surface area contributed by atoms with Gasteiger partial charge < -0.3 is 24.2 Å². The van der Waals surface area contributed by atoms with Crippen LogP contribution in [0.3, 0.4) is 0 Å². The summed E-state index contributed by atoms with van der Waals surface area (Å²) in [5.74, 6) is -0.322. The van der Waals surface area contributed by atoms with Crippen LogP contribution in [-0.2, 0) is 22.7 Å². The van der Waals surface area contributed by atoms with E-state index in [1.165, 1.54) is 0 Å². The molecular weight excluding hydrogens is 285 g/mol. The smallest absolute Gasteiger partial charge is 0.390 e. The van der Waals surface area contributed by atoms with E-state index >= 15 is 0 Å². The van der Waals surface area contributed by atoms with Crippen molar-refractivity contribution in [3.05, 3.63) is 0 Å². The lowest BCUT2D eigenvalue weighted by Gasteiger charge is -2.19. The number of ether oxygens (including phenoxy) is 1. The first kappa shape index (κ1) is 16.3. The maximum atomic E-state index is 11.6. The molecule has 0 saturated carbocycles. The molecule has 0 amide bonds. The summed E-state index contributed by atoms with van der Waals surface area (Å²) in [5, 5.41) is 9.69. The van der Waals surface area contributed by atoms with Crippen molar-refractivity contribution in [1.29, 1.82) is 0 Å². The Balaban J connectivity index is 2.51. The Morgan fingerprint density at radius 3 is 2.33 bits per heavy atom. The quantitative estimate of drug-likeness (QED) is 0.472. The van der Waals surface area contributed by atoms with E-state index in [1.54, 1.807) is 6.92 Å². The van der Waals surface area contributed by atoms with Gasteiger partial charge in [-0.1, -0.05) is 6.92 Å². The molecule has 0 aliphatic carbocycles. The maximum absolute atomic E-state index is 11.6. The largest absolute Gasteiger partial charge is 0.476 e. The molecule has 1 rings (SSSR count). The lowest BCUT2D eigenvalue weighted by molar-refractivity contribution is -0.000219. The zero-order chi connectivity index (χ0) is 14.1. The lowest BCUT2D eigenvalue weighted by Crippen LogP contribution is -2.29. The zero-order valence-corrected chi connectivity index (χ0v) is 11.7. The number of hydrogen-bond acceptors (Lipinski definition) is 6. The summed E-state index contributed by atoms with van der Waals surface area (Å²) in [5.41, 5.74) is 0. The molecule has 0 aromatic heterocycles. The average Bonchev–Trinajstić information content (AvgIpc) is 2.39. The molecule has 18 heavy (non-hydrogen) atoms. The molecule has 1 unspecified atom stereocenters. The summed E-state index contributed by atoms with van der Waals surface area (Å²) < 4.78 is 36.0. The van der Waals surface area contributed by atoms with Crippen LogP contribution in [0.15, 0.2) is 0 Å². The SMILES string of the molecule is [B][C@@H]1O[C@H](COP(C)(=O)OP(=O)(O)O)[C@@H](O)[C@H]1C. The number of rotatable bonds is 5. The topological polar surface area (TPSA) is 123 Å². The Morgan fingerprint density at radius 2 is 1.94 bits per heavy atom. The van der Waals surface area contributed by atoms with Crippen molar-refractivity contribution < 1.29 is 37.6 Å². The van der Waals surface area contributed by atoms with Crippen LogP contribution in [0.1, 0.15) is 6.92 Å². The molecule has 1 fully saturated rings. The van der Waals surface area contributed by atoms with E-state index in [4.69, 9.17) is 26.9 Å². The molecule has 0 bridgehead atoms. The van der Waals surface area contributed by atoms with Gasteiger partial charge in [-0.2, -0.15) is 0 Å². The van der Waals surface area contributed by atoms with Crippen LogP contribution in [-0.4, -0.2) is 54.2 Å². The molecule has 3 N–H and O–H groups in total. The van der Waals surface area contributed by atoms with Crippen LogP contribution in [0.5, 0.6) is 0 Å².